The lowest BCUT2D eigenvalue weighted by molar-refractivity contribution is -0.0885. The minimum absolute atomic E-state index is 0.0217. The van der Waals surface area contributed by atoms with E-state index in [0.717, 1.165) is 6.04 Å². The fourth-order valence-corrected chi connectivity index (χ4v) is 2.46. The van der Waals surface area contributed by atoms with Gasteiger partial charge in [-0.15, -0.1) is 0 Å². The van der Waals surface area contributed by atoms with E-state index in [4.69, 9.17) is 4.74 Å². The summed E-state index contributed by atoms with van der Waals surface area (Å²) in [5.41, 5.74) is -0.0217. The predicted octanol–water partition coefficient (Wildman–Crippen LogP) is 3.31. The van der Waals surface area contributed by atoms with Gasteiger partial charge in [0.25, 0.3) is 0 Å². The molecule has 1 aliphatic heterocycles. The average molecular weight is 227 g/mol. The van der Waals surface area contributed by atoms with Crippen LogP contribution < -0.4 is 0 Å². The van der Waals surface area contributed by atoms with Crippen LogP contribution in [0, 0.1) is 5.92 Å². The molecule has 0 N–H and O–H groups in total. The lowest BCUT2D eigenvalue weighted by Gasteiger charge is -2.33. The zero-order valence-corrected chi connectivity index (χ0v) is 11.9. The van der Waals surface area contributed by atoms with Crippen molar-refractivity contribution in [2.45, 2.75) is 71.6 Å². The van der Waals surface area contributed by atoms with Crippen molar-refractivity contribution in [2.24, 2.45) is 5.92 Å². The molecule has 2 unspecified atom stereocenters. The van der Waals surface area contributed by atoms with Gasteiger partial charge in [0.05, 0.1) is 11.7 Å². The first-order valence-electron chi connectivity index (χ1n) is 6.67. The molecule has 0 radical (unpaired) electrons. The summed E-state index contributed by atoms with van der Waals surface area (Å²) in [6, 6.07) is 0.731. The lowest BCUT2D eigenvalue weighted by Crippen LogP contribution is -2.37. The first-order chi connectivity index (χ1) is 7.29. The summed E-state index contributed by atoms with van der Waals surface area (Å²) in [7, 11) is 2.24. The van der Waals surface area contributed by atoms with Crippen LogP contribution in [-0.4, -0.2) is 36.2 Å². The van der Waals surface area contributed by atoms with E-state index < -0.39 is 0 Å². The van der Waals surface area contributed by atoms with Crippen LogP contribution in [0.1, 0.15) is 53.9 Å². The fraction of sp³-hybridized carbons (Fsp3) is 1.00. The molecule has 16 heavy (non-hydrogen) atoms. The van der Waals surface area contributed by atoms with Crippen molar-refractivity contribution in [1.29, 1.82) is 0 Å². The zero-order valence-electron chi connectivity index (χ0n) is 11.9. The molecule has 1 aliphatic rings. The number of hydrogen-bond donors (Lipinski definition) is 0. The van der Waals surface area contributed by atoms with Crippen molar-refractivity contribution in [3.63, 3.8) is 0 Å². The Morgan fingerprint density at radius 2 is 1.94 bits per heavy atom. The highest BCUT2D eigenvalue weighted by molar-refractivity contribution is 4.81. The van der Waals surface area contributed by atoms with Gasteiger partial charge >= 0.3 is 0 Å². The third-order valence-corrected chi connectivity index (χ3v) is 3.42. The third kappa shape index (κ3) is 4.42. The first-order valence-corrected chi connectivity index (χ1v) is 6.67. The SMILES string of the molecule is CC(C)C(CC1CCCN1C)OC(C)(C)C. The van der Waals surface area contributed by atoms with Gasteiger partial charge in [0.1, 0.15) is 0 Å². The molecule has 2 nitrogen and oxygen atoms in total. The van der Waals surface area contributed by atoms with Crippen LogP contribution in [0.5, 0.6) is 0 Å². The molecule has 1 fully saturated rings. The highest BCUT2D eigenvalue weighted by atomic mass is 16.5. The summed E-state index contributed by atoms with van der Waals surface area (Å²) >= 11 is 0. The Labute approximate surface area is 101 Å². The van der Waals surface area contributed by atoms with Crippen LogP contribution in [0.3, 0.4) is 0 Å². The number of rotatable bonds is 4. The van der Waals surface area contributed by atoms with Gasteiger partial charge in [-0.25, -0.2) is 0 Å². The topological polar surface area (TPSA) is 12.5 Å². The van der Waals surface area contributed by atoms with Crippen LogP contribution in [0.25, 0.3) is 0 Å². The second-order valence-electron chi connectivity index (χ2n) is 6.53. The average Bonchev–Trinajstić information content (AvgIpc) is 2.48. The molecule has 1 rings (SSSR count). The summed E-state index contributed by atoms with van der Waals surface area (Å²) in [6.07, 6.45) is 4.27. The Morgan fingerprint density at radius 1 is 1.31 bits per heavy atom. The molecule has 1 heterocycles. The molecule has 96 valence electrons. The van der Waals surface area contributed by atoms with Crippen molar-refractivity contribution in [3.05, 3.63) is 0 Å². The third-order valence-electron chi connectivity index (χ3n) is 3.42. The van der Waals surface area contributed by atoms with Crippen molar-refractivity contribution in [1.82, 2.24) is 4.90 Å². The predicted molar refractivity (Wildman–Crippen MR) is 69.7 cm³/mol. The smallest absolute Gasteiger partial charge is 0.0620 e. The zero-order chi connectivity index (χ0) is 12.3. The quantitative estimate of drug-likeness (QED) is 0.730. The number of nitrogens with zero attached hydrogens (tertiary/aromatic N) is 1. The van der Waals surface area contributed by atoms with E-state index in [1.54, 1.807) is 0 Å². The Hall–Kier alpha value is -0.0800. The number of hydrogen-bond acceptors (Lipinski definition) is 2. The standard InChI is InChI=1S/C14H29NO/c1-11(2)13(16-14(3,4)5)10-12-8-7-9-15(12)6/h11-13H,7-10H2,1-6H3. The second-order valence-corrected chi connectivity index (χ2v) is 6.53. The second kappa shape index (κ2) is 5.50. The molecular weight excluding hydrogens is 198 g/mol. The fourth-order valence-electron chi connectivity index (χ4n) is 2.46. The number of likely N-dealkylation sites (tertiary alicyclic amines) is 1. The van der Waals surface area contributed by atoms with Crippen molar-refractivity contribution < 1.29 is 4.74 Å². The molecule has 0 aromatic carbocycles. The van der Waals surface area contributed by atoms with Gasteiger partial charge in [0.15, 0.2) is 0 Å². The van der Waals surface area contributed by atoms with Crippen molar-refractivity contribution in [2.75, 3.05) is 13.6 Å². The van der Waals surface area contributed by atoms with Gasteiger partial charge in [-0.05, 0) is 59.5 Å². The lowest BCUT2D eigenvalue weighted by atomic mass is 9.97. The molecule has 2 heteroatoms. The van der Waals surface area contributed by atoms with E-state index in [0.29, 0.717) is 12.0 Å². The van der Waals surface area contributed by atoms with Gasteiger partial charge in [0, 0.05) is 6.04 Å². The molecule has 0 amide bonds. The molecule has 0 aliphatic carbocycles. The van der Waals surface area contributed by atoms with E-state index in [1.807, 2.05) is 0 Å². The minimum atomic E-state index is -0.0217. The maximum atomic E-state index is 6.18. The summed E-state index contributed by atoms with van der Waals surface area (Å²) in [5, 5.41) is 0. The molecule has 0 aromatic heterocycles. The van der Waals surface area contributed by atoms with E-state index >= 15 is 0 Å². The molecule has 0 spiro atoms. The van der Waals surface area contributed by atoms with Crippen LogP contribution >= 0.6 is 0 Å². The van der Waals surface area contributed by atoms with Gasteiger partial charge in [-0.1, -0.05) is 13.8 Å². The molecule has 0 aromatic rings. The Balaban J connectivity index is 2.51. The highest BCUT2D eigenvalue weighted by Crippen LogP contribution is 2.26. The maximum absolute atomic E-state index is 6.18. The summed E-state index contributed by atoms with van der Waals surface area (Å²) in [6.45, 7) is 12.3. The minimum Gasteiger partial charge on any atom is -0.372 e. The van der Waals surface area contributed by atoms with Crippen LogP contribution in [-0.2, 0) is 4.74 Å². The van der Waals surface area contributed by atoms with E-state index in [9.17, 15) is 0 Å². The van der Waals surface area contributed by atoms with Gasteiger partial charge < -0.3 is 9.64 Å². The molecule has 2 atom stereocenters. The normalized spacial score (nSPS) is 25.3. The van der Waals surface area contributed by atoms with Crippen LogP contribution in [0.4, 0.5) is 0 Å². The summed E-state index contributed by atoms with van der Waals surface area (Å²) in [5.74, 6) is 0.605. The van der Waals surface area contributed by atoms with Crippen molar-refractivity contribution >= 4 is 0 Å². The Morgan fingerprint density at radius 3 is 2.31 bits per heavy atom. The Bertz CT molecular complexity index is 207. The largest absolute Gasteiger partial charge is 0.372 e. The van der Waals surface area contributed by atoms with Gasteiger partial charge in [0.2, 0.25) is 0 Å². The molecular formula is C14H29NO. The van der Waals surface area contributed by atoms with E-state index in [2.05, 4.69) is 46.6 Å². The van der Waals surface area contributed by atoms with Crippen LogP contribution in [0.2, 0.25) is 0 Å². The monoisotopic (exact) mass is 227 g/mol. The summed E-state index contributed by atoms with van der Waals surface area (Å²) < 4.78 is 6.18. The van der Waals surface area contributed by atoms with Gasteiger partial charge in [-0.2, -0.15) is 0 Å². The Kier molecular flexibility index (Phi) is 4.81. The van der Waals surface area contributed by atoms with Crippen LogP contribution in [0.15, 0.2) is 0 Å². The molecule has 1 saturated heterocycles. The first kappa shape index (κ1) is 14.0. The van der Waals surface area contributed by atoms with Gasteiger partial charge in [-0.3, -0.25) is 0 Å². The highest BCUT2D eigenvalue weighted by Gasteiger charge is 2.28. The molecule has 0 saturated carbocycles. The summed E-state index contributed by atoms with van der Waals surface area (Å²) in [4.78, 5) is 2.49. The number of ether oxygens (including phenoxy) is 1. The molecule has 0 bridgehead atoms. The maximum Gasteiger partial charge on any atom is 0.0620 e. The van der Waals surface area contributed by atoms with E-state index in [-0.39, 0.29) is 5.60 Å². The van der Waals surface area contributed by atoms with Crippen molar-refractivity contribution in [3.8, 4) is 0 Å². The van der Waals surface area contributed by atoms with E-state index in [1.165, 1.54) is 25.8 Å².